The molecule has 0 radical (unpaired) electrons. The lowest BCUT2D eigenvalue weighted by molar-refractivity contribution is -0.138. The first-order chi connectivity index (χ1) is 8.96. The molecule has 1 unspecified atom stereocenters. The van der Waals surface area contributed by atoms with E-state index in [0.29, 0.717) is 6.42 Å². The molecule has 19 heavy (non-hydrogen) atoms. The number of nitrogens with zero attached hydrogens (tertiary/aromatic N) is 1. The van der Waals surface area contributed by atoms with Gasteiger partial charge in [0.25, 0.3) is 0 Å². The molecule has 0 saturated heterocycles. The second kappa shape index (κ2) is 7.48. The van der Waals surface area contributed by atoms with Crippen LogP contribution in [0.4, 0.5) is 13.2 Å². The van der Waals surface area contributed by atoms with Gasteiger partial charge in [-0.25, -0.2) is 0 Å². The van der Waals surface area contributed by atoms with E-state index in [9.17, 15) is 13.2 Å². The van der Waals surface area contributed by atoms with Crippen molar-refractivity contribution in [1.82, 2.24) is 4.98 Å². The first kappa shape index (κ1) is 16.0. The van der Waals surface area contributed by atoms with Crippen LogP contribution in [0.1, 0.15) is 62.6 Å². The first-order valence-electron chi connectivity index (χ1n) is 6.73. The number of halogens is 3. The van der Waals surface area contributed by atoms with Crippen LogP contribution in [0, 0.1) is 0 Å². The van der Waals surface area contributed by atoms with Gasteiger partial charge in [0, 0.05) is 18.4 Å². The third-order valence-corrected chi connectivity index (χ3v) is 3.18. The molecule has 0 bridgehead atoms. The summed E-state index contributed by atoms with van der Waals surface area (Å²) in [7, 11) is 0. The lowest BCUT2D eigenvalue weighted by Crippen LogP contribution is -2.17. The summed E-state index contributed by atoms with van der Waals surface area (Å²) < 4.78 is 38.4. The molecule has 5 heteroatoms. The molecule has 0 aliphatic rings. The second-order valence-corrected chi connectivity index (χ2v) is 4.77. The third-order valence-electron chi connectivity index (χ3n) is 3.18. The van der Waals surface area contributed by atoms with Gasteiger partial charge in [0.1, 0.15) is 0 Å². The minimum atomic E-state index is -4.36. The predicted molar refractivity (Wildman–Crippen MR) is 69.5 cm³/mol. The number of nitrogens with two attached hydrogens (primary N) is 1. The summed E-state index contributed by atoms with van der Waals surface area (Å²) in [6.45, 7) is 2.12. The van der Waals surface area contributed by atoms with E-state index in [1.165, 1.54) is 6.20 Å². The average molecular weight is 274 g/mol. The lowest BCUT2D eigenvalue weighted by atomic mass is 9.98. The molecule has 0 spiro atoms. The highest BCUT2D eigenvalue weighted by atomic mass is 19.4. The number of hydrogen-bond donors (Lipinski definition) is 1. The summed E-state index contributed by atoms with van der Waals surface area (Å²) in [5.74, 6) is 0. The average Bonchev–Trinajstić information content (AvgIpc) is 2.37. The Morgan fingerprint density at radius 2 is 1.89 bits per heavy atom. The summed E-state index contributed by atoms with van der Waals surface area (Å²) in [5.41, 5.74) is 5.31. The Kier molecular flexibility index (Phi) is 6.28. The van der Waals surface area contributed by atoms with E-state index in [1.54, 1.807) is 0 Å². The first-order valence-corrected chi connectivity index (χ1v) is 6.73. The minimum Gasteiger partial charge on any atom is -0.324 e. The van der Waals surface area contributed by atoms with E-state index >= 15 is 0 Å². The van der Waals surface area contributed by atoms with Gasteiger partial charge in [0.2, 0.25) is 0 Å². The van der Waals surface area contributed by atoms with Crippen LogP contribution in [0.5, 0.6) is 0 Å². The van der Waals surface area contributed by atoms with Gasteiger partial charge in [-0.2, -0.15) is 13.2 Å². The van der Waals surface area contributed by atoms with Crippen LogP contribution in [0.25, 0.3) is 0 Å². The highest BCUT2D eigenvalue weighted by molar-refractivity contribution is 5.28. The van der Waals surface area contributed by atoms with Gasteiger partial charge in [-0.05, 0) is 18.1 Å². The SMILES string of the molecule is CCCCCCCC(N)c1cnccc1C(F)(F)F. The number of unbranched alkanes of at least 4 members (excludes halogenated alkanes) is 4. The van der Waals surface area contributed by atoms with Crippen molar-refractivity contribution < 1.29 is 13.2 Å². The van der Waals surface area contributed by atoms with Crippen LogP contribution in [0.3, 0.4) is 0 Å². The summed E-state index contributed by atoms with van der Waals surface area (Å²) in [6, 6.07) is 0.402. The van der Waals surface area contributed by atoms with Crippen LogP contribution in [0.15, 0.2) is 18.5 Å². The topological polar surface area (TPSA) is 38.9 Å². The number of pyridine rings is 1. The number of aromatic nitrogens is 1. The van der Waals surface area contributed by atoms with Gasteiger partial charge in [-0.3, -0.25) is 4.98 Å². The fraction of sp³-hybridized carbons (Fsp3) is 0.643. The van der Waals surface area contributed by atoms with Crippen molar-refractivity contribution in [3.63, 3.8) is 0 Å². The lowest BCUT2D eigenvalue weighted by Gasteiger charge is -2.17. The van der Waals surface area contributed by atoms with E-state index in [1.807, 2.05) is 0 Å². The highest BCUT2D eigenvalue weighted by Crippen LogP contribution is 2.34. The number of hydrogen-bond acceptors (Lipinski definition) is 2. The summed E-state index contributed by atoms with van der Waals surface area (Å²) in [5, 5.41) is 0. The van der Waals surface area contributed by atoms with E-state index in [-0.39, 0.29) is 5.56 Å². The van der Waals surface area contributed by atoms with Gasteiger partial charge in [-0.1, -0.05) is 39.0 Å². The Balaban J connectivity index is 2.59. The largest absolute Gasteiger partial charge is 0.416 e. The third kappa shape index (κ3) is 5.19. The van der Waals surface area contributed by atoms with E-state index in [4.69, 9.17) is 5.73 Å². The zero-order chi connectivity index (χ0) is 14.3. The van der Waals surface area contributed by atoms with Gasteiger partial charge in [0.15, 0.2) is 0 Å². The Labute approximate surface area is 112 Å². The molecule has 0 fully saturated rings. The van der Waals surface area contributed by atoms with Crippen molar-refractivity contribution in [1.29, 1.82) is 0 Å². The molecule has 0 aliphatic heterocycles. The molecule has 1 heterocycles. The van der Waals surface area contributed by atoms with Gasteiger partial charge in [-0.15, -0.1) is 0 Å². The Bertz CT molecular complexity index is 377. The maximum Gasteiger partial charge on any atom is 0.416 e. The molecule has 1 aromatic rings. The van der Waals surface area contributed by atoms with Crippen molar-refractivity contribution in [2.24, 2.45) is 5.73 Å². The normalized spacial score (nSPS) is 13.5. The molecule has 1 rings (SSSR count). The molecule has 0 aliphatic carbocycles. The maximum absolute atomic E-state index is 12.8. The molecular weight excluding hydrogens is 253 g/mol. The van der Waals surface area contributed by atoms with Crippen LogP contribution in [-0.2, 0) is 6.18 Å². The summed E-state index contributed by atoms with van der Waals surface area (Å²) >= 11 is 0. The summed E-state index contributed by atoms with van der Waals surface area (Å²) in [4.78, 5) is 3.76. The zero-order valence-electron chi connectivity index (χ0n) is 11.2. The van der Waals surface area contributed by atoms with Crippen molar-refractivity contribution in [2.45, 2.75) is 57.7 Å². The van der Waals surface area contributed by atoms with Gasteiger partial charge in [0.05, 0.1) is 5.56 Å². The molecule has 0 amide bonds. The Morgan fingerprint density at radius 3 is 2.53 bits per heavy atom. The van der Waals surface area contributed by atoms with Crippen LogP contribution in [0.2, 0.25) is 0 Å². The van der Waals surface area contributed by atoms with E-state index in [2.05, 4.69) is 11.9 Å². The Morgan fingerprint density at radius 1 is 1.21 bits per heavy atom. The Hall–Kier alpha value is -1.10. The monoisotopic (exact) mass is 274 g/mol. The zero-order valence-corrected chi connectivity index (χ0v) is 11.2. The van der Waals surface area contributed by atoms with Crippen LogP contribution >= 0.6 is 0 Å². The van der Waals surface area contributed by atoms with E-state index < -0.39 is 17.8 Å². The van der Waals surface area contributed by atoms with Gasteiger partial charge < -0.3 is 5.73 Å². The fourth-order valence-electron chi connectivity index (χ4n) is 2.08. The molecule has 2 nitrogen and oxygen atoms in total. The molecule has 1 atom stereocenters. The van der Waals surface area contributed by atoms with Gasteiger partial charge >= 0.3 is 6.18 Å². The standard InChI is InChI=1S/C14H21F3N2/c1-2-3-4-5-6-7-13(18)11-10-19-9-8-12(11)14(15,16)17/h8-10,13H,2-7,18H2,1H3. The van der Waals surface area contributed by atoms with Crippen molar-refractivity contribution in [3.05, 3.63) is 29.6 Å². The van der Waals surface area contributed by atoms with Crippen molar-refractivity contribution in [3.8, 4) is 0 Å². The molecular formula is C14H21F3N2. The number of rotatable bonds is 7. The molecule has 0 aromatic carbocycles. The molecule has 0 saturated carbocycles. The quantitative estimate of drug-likeness (QED) is 0.745. The minimum absolute atomic E-state index is 0.102. The molecule has 2 N–H and O–H groups in total. The highest BCUT2D eigenvalue weighted by Gasteiger charge is 2.34. The maximum atomic E-state index is 12.8. The van der Waals surface area contributed by atoms with Crippen molar-refractivity contribution in [2.75, 3.05) is 0 Å². The van der Waals surface area contributed by atoms with Crippen LogP contribution in [-0.4, -0.2) is 4.98 Å². The summed E-state index contributed by atoms with van der Waals surface area (Å²) in [6.07, 6.45) is 3.89. The fourth-order valence-corrected chi connectivity index (χ4v) is 2.08. The van der Waals surface area contributed by atoms with E-state index in [0.717, 1.165) is 44.4 Å². The molecule has 108 valence electrons. The molecule has 1 aromatic heterocycles. The van der Waals surface area contributed by atoms with Crippen LogP contribution < -0.4 is 5.73 Å². The smallest absolute Gasteiger partial charge is 0.324 e. The predicted octanol–water partition coefficient (Wildman–Crippen LogP) is 4.46. The second-order valence-electron chi connectivity index (χ2n) is 4.77. The van der Waals surface area contributed by atoms with Crippen molar-refractivity contribution >= 4 is 0 Å². The number of alkyl halides is 3.